The second-order valence-electron chi connectivity index (χ2n) is 4.41. The van der Waals surface area contributed by atoms with Crippen molar-refractivity contribution in [2.24, 2.45) is 0 Å². The Morgan fingerprint density at radius 1 is 1.35 bits per heavy atom. The number of imidazole rings is 1. The highest BCUT2D eigenvalue weighted by Crippen LogP contribution is 2.35. The first-order chi connectivity index (χ1) is 9.70. The molecule has 0 aliphatic heterocycles. The Bertz CT molecular complexity index is 745. The van der Waals surface area contributed by atoms with Crippen molar-refractivity contribution in [2.75, 3.05) is 5.73 Å². The fraction of sp³-hybridized carbons (Fsp3) is 0.333. The lowest BCUT2D eigenvalue weighted by Crippen LogP contribution is -2.01. The van der Waals surface area contributed by atoms with Gasteiger partial charge in [-0.15, -0.1) is 0 Å². The highest BCUT2D eigenvalue weighted by Gasteiger charge is 2.16. The summed E-state index contributed by atoms with van der Waals surface area (Å²) in [6.07, 6.45) is 4.12. The average molecular weight is 289 g/mol. The van der Waals surface area contributed by atoms with Crippen LogP contribution in [0.4, 0.5) is 5.69 Å². The maximum atomic E-state index is 6.13. The van der Waals surface area contributed by atoms with Crippen LogP contribution >= 0.6 is 11.8 Å². The molecule has 0 saturated heterocycles. The summed E-state index contributed by atoms with van der Waals surface area (Å²) in [7, 11) is 0. The van der Waals surface area contributed by atoms with Crippen molar-refractivity contribution in [1.82, 2.24) is 29.7 Å². The van der Waals surface area contributed by atoms with Gasteiger partial charge in [0, 0.05) is 6.54 Å². The minimum absolute atomic E-state index is 0.652. The molecule has 0 fully saturated rings. The molecular weight excluding hydrogens is 274 g/mol. The number of anilines is 1. The largest absolute Gasteiger partial charge is 0.395 e. The fourth-order valence-electron chi connectivity index (χ4n) is 1.96. The lowest BCUT2D eigenvalue weighted by Gasteiger charge is -2.06. The van der Waals surface area contributed by atoms with Gasteiger partial charge in [-0.25, -0.2) is 15.0 Å². The van der Waals surface area contributed by atoms with Crippen LogP contribution in [0.25, 0.3) is 11.2 Å². The molecule has 7 nitrogen and oxygen atoms in total. The van der Waals surface area contributed by atoms with Gasteiger partial charge in [0.15, 0.2) is 5.65 Å². The van der Waals surface area contributed by atoms with Gasteiger partial charge in [0.25, 0.3) is 0 Å². The Labute approximate surface area is 120 Å². The first kappa shape index (κ1) is 12.9. The summed E-state index contributed by atoms with van der Waals surface area (Å²) in [6.45, 7) is 4.86. The molecule has 104 valence electrons. The van der Waals surface area contributed by atoms with Crippen LogP contribution in [-0.4, -0.2) is 29.7 Å². The van der Waals surface area contributed by atoms with Crippen molar-refractivity contribution in [1.29, 1.82) is 0 Å². The lowest BCUT2D eigenvalue weighted by molar-refractivity contribution is 0.556. The summed E-state index contributed by atoms with van der Waals surface area (Å²) in [5.41, 5.74) is 9.14. The molecule has 20 heavy (non-hydrogen) atoms. The van der Waals surface area contributed by atoms with E-state index in [0.29, 0.717) is 11.3 Å². The van der Waals surface area contributed by atoms with E-state index in [1.807, 2.05) is 11.6 Å². The Balaban J connectivity index is 2.04. The highest BCUT2D eigenvalue weighted by atomic mass is 32.2. The third-order valence-electron chi connectivity index (χ3n) is 2.94. The summed E-state index contributed by atoms with van der Waals surface area (Å²) in [4.78, 5) is 15.6. The minimum atomic E-state index is 0.652. The van der Waals surface area contributed by atoms with Crippen molar-refractivity contribution in [2.45, 2.75) is 36.9 Å². The van der Waals surface area contributed by atoms with Gasteiger partial charge < -0.3 is 10.7 Å². The van der Waals surface area contributed by atoms with Gasteiger partial charge in [-0.05, 0) is 25.1 Å². The SMILES string of the molecule is CCCn1nc(C)c(N)c1Sc1ncnc2nc[nH]c12. The fourth-order valence-corrected chi connectivity index (χ4v) is 2.99. The number of fused-ring (bicyclic) bond motifs is 1. The van der Waals surface area contributed by atoms with Crippen LogP contribution in [0.15, 0.2) is 22.7 Å². The van der Waals surface area contributed by atoms with E-state index in [2.05, 4.69) is 32.0 Å². The van der Waals surface area contributed by atoms with Crippen LogP contribution in [0.3, 0.4) is 0 Å². The number of nitrogens with one attached hydrogen (secondary N) is 1. The molecule has 0 radical (unpaired) electrons. The van der Waals surface area contributed by atoms with Crippen LogP contribution in [-0.2, 0) is 6.54 Å². The van der Waals surface area contributed by atoms with E-state index >= 15 is 0 Å². The zero-order valence-electron chi connectivity index (χ0n) is 11.3. The molecule has 3 N–H and O–H groups in total. The first-order valence-corrected chi connectivity index (χ1v) is 7.17. The number of aryl methyl sites for hydroxylation is 2. The summed E-state index contributed by atoms with van der Waals surface area (Å²) in [5, 5.41) is 6.18. The van der Waals surface area contributed by atoms with Crippen molar-refractivity contribution < 1.29 is 0 Å². The normalized spacial score (nSPS) is 11.3. The molecule has 0 unspecified atom stereocenters. The van der Waals surface area contributed by atoms with Crippen molar-refractivity contribution in [3.8, 4) is 0 Å². The number of nitrogen functional groups attached to an aromatic ring is 1. The number of aromatic amines is 1. The quantitative estimate of drug-likeness (QED) is 0.713. The predicted molar refractivity (Wildman–Crippen MR) is 77.5 cm³/mol. The number of aromatic nitrogens is 6. The second kappa shape index (κ2) is 5.12. The van der Waals surface area contributed by atoms with Crippen LogP contribution in [0.1, 0.15) is 19.0 Å². The van der Waals surface area contributed by atoms with Crippen LogP contribution in [0.5, 0.6) is 0 Å². The third-order valence-corrected chi connectivity index (χ3v) is 4.07. The molecular formula is C12H15N7S. The molecule has 0 spiro atoms. The van der Waals surface area contributed by atoms with E-state index in [1.165, 1.54) is 18.1 Å². The molecule has 0 aromatic carbocycles. The molecule has 3 rings (SSSR count). The topological polar surface area (TPSA) is 98.3 Å². The molecule has 0 amide bonds. The Morgan fingerprint density at radius 3 is 3.00 bits per heavy atom. The molecule has 0 atom stereocenters. The molecule has 0 aliphatic carbocycles. The predicted octanol–water partition coefficient (Wildman–Crippen LogP) is 2.00. The number of hydrogen-bond acceptors (Lipinski definition) is 6. The van der Waals surface area contributed by atoms with E-state index in [4.69, 9.17) is 5.73 Å². The average Bonchev–Trinajstić information content (AvgIpc) is 3.01. The molecule has 0 aliphatic rings. The van der Waals surface area contributed by atoms with Crippen LogP contribution in [0, 0.1) is 6.92 Å². The standard InChI is InChI=1S/C12H15N7S/c1-3-4-19-12(8(13)7(2)18-19)20-11-9-10(15-5-14-9)16-6-17-11/h5-6H,3-4,13H2,1-2H3,(H,14,15,16,17). The van der Waals surface area contributed by atoms with Gasteiger partial charge in [-0.2, -0.15) is 5.10 Å². The zero-order valence-corrected chi connectivity index (χ0v) is 12.1. The number of rotatable bonds is 4. The zero-order chi connectivity index (χ0) is 14.1. The van der Waals surface area contributed by atoms with Crippen molar-refractivity contribution in [3.05, 3.63) is 18.3 Å². The third kappa shape index (κ3) is 2.11. The maximum Gasteiger partial charge on any atom is 0.181 e. The smallest absolute Gasteiger partial charge is 0.181 e. The number of hydrogen-bond donors (Lipinski definition) is 2. The molecule has 0 bridgehead atoms. The Morgan fingerprint density at radius 2 is 2.20 bits per heavy atom. The molecule has 8 heteroatoms. The van der Waals surface area contributed by atoms with Gasteiger partial charge in [-0.3, -0.25) is 4.68 Å². The lowest BCUT2D eigenvalue weighted by atomic mass is 10.4. The number of nitrogens with two attached hydrogens (primary N) is 1. The van der Waals surface area contributed by atoms with E-state index in [-0.39, 0.29) is 0 Å². The van der Waals surface area contributed by atoms with E-state index in [9.17, 15) is 0 Å². The monoisotopic (exact) mass is 289 g/mol. The van der Waals surface area contributed by atoms with Gasteiger partial charge in [0.1, 0.15) is 21.9 Å². The Hall–Kier alpha value is -2.09. The van der Waals surface area contributed by atoms with E-state index < -0.39 is 0 Å². The second-order valence-corrected chi connectivity index (χ2v) is 5.39. The summed E-state index contributed by atoms with van der Waals surface area (Å²) < 4.78 is 1.93. The van der Waals surface area contributed by atoms with E-state index in [0.717, 1.165) is 34.2 Å². The minimum Gasteiger partial charge on any atom is -0.395 e. The van der Waals surface area contributed by atoms with Crippen LogP contribution < -0.4 is 5.73 Å². The first-order valence-electron chi connectivity index (χ1n) is 6.35. The molecule has 3 heterocycles. The summed E-state index contributed by atoms with van der Waals surface area (Å²) >= 11 is 1.49. The summed E-state index contributed by atoms with van der Waals surface area (Å²) in [5.74, 6) is 0. The number of H-pyrrole nitrogens is 1. The van der Waals surface area contributed by atoms with Gasteiger partial charge in [-0.1, -0.05) is 6.92 Å². The van der Waals surface area contributed by atoms with Gasteiger partial charge >= 0.3 is 0 Å². The summed E-state index contributed by atoms with van der Waals surface area (Å²) in [6, 6.07) is 0. The van der Waals surface area contributed by atoms with Crippen molar-refractivity contribution >= 4 is 28.6 Å². The molecule has 3 aromatic rings. The van der Waals surface area contributed by atoms with Gasteiger partial charge in [0.05, 0.1) is 17.7 Å². The molecule has 0 saturated carbocycles. The van der Waals surface area contributed by atoms with E-state index in [1.54, 1.807) is 6.33 Å². The molecule has 3 aromatic heterocycles. The van der Waals surface area contributed by atoms with Gasteiger partial charge in [0.2, 0.25) is 0 Å². The Kier molecular flexibility index (Phi) is 3.31. The van der Waals surface area contributed by atoms with Crippen molar-refractivity contribution in [3.63, 3.8) is 0 Å². The highest BCUT2D eigenvalue weighted by molar-refractivity contribution is 7.99. The number of nitrogens with zero attached hydrogens (tertiary/aromatic N) is 5. The van der Waals surface area contributed by atoms with Crippen LogP contribution in [0.2, 0.25) is 0 Å². The maximum absolute atomic E-state index is 6.13.